The van der Waals surface area contributed by atoms with Gasteiger partial charge >= 0.3 is 0 Å². The molecule has 1 rings (SSSR count). The fourth-order valence-electron chi connectivity index (χ4n) is 1.98. The minimum absolute atomic E-state index is 0.00621. The summed E-state index contributed by atoms with van der Waals surface area (Å²) in [4.78, 5) is 11.0. The third-order valence-corrected chi connectivity index (χ3v) is 2.99. The Balaban J connectivity index is 2.21. The van der Waals surface area contributed by atoms with Gasteiger partial charge in [-0.1, -0.05) is 44.8 Å². The van der Waals surface area contributed by atoms with Gasteiger partial charge in [0.2, 0.25) is 0 Å². The van der Waals surface area contributed by atoms with E-state index >= 15 is 0 Å². The van der Waals surface area contributed by atoms with E-state index in [1.54, 1.807) is 0 Å². The van der Waals surface area contributed by atoms with Crippen molar-refractivity contribution in [3.05, 3.63) is 12.2 Å². The minimum Gasteiger partial charge on any atom is -0.303 e. The molecule has 1 aliphatic rings. The zero-order valence-corrected chi connectivity index (χ0v) is 8.59. The van der Waals surface area contributed by atoms with Crippen LogP contribution in [0.4, 0.5) is 0 Å². The second-order valence-electron chi connectivity index (χ2n) is 4.17. The van der Waals surface area contributed by atoms with Crippen LogP contribution < -0.4 is 0 Å². The molecule has 0 aromatic heterocycles. The number of rotatable bonds is 6. The summed E-state index contributed by atoms with van der Waals surface area (Å²) in [6, 6.07) is 0. The van der Waals surface area contributed by atoms with E-state index in [2.05, 4.69) is 19.1 Å². The summed E-state index contributed by atoms with van der Waals surface area (Å²) in [5.74, 6) is 0. The van der Waals surface area contributed by atoms with Crippen LogP contribution >= 0.6 is 0 Å². The van der Waals surface area contributed by atoms with E-state index in [1.165, 1.54) is 32.0 Å². The lowest BCUT2D eigenvalue weighted by atomic mass is 9.82. The van der Waals surface area contributed by atoms with Crippen LogP contribution in [-0.2, 0) is 4.79 Å². The van der Waals surface area contributed by atoms with E-state index in [4.69, 9.17) is 0 Å². The monoisotopic (exact) mass is 180 g/mol. The maximum atomic E-state index is 11.0. The van der Waals surface area contributed by atoms with Crippen LogP contribution in [0.1, 0.15) is 51.9 Å². The molecule has 0 aliphatic heterocycles. The number of allylic oxidation sites excluding steroid dienone is 2. The summed E-state index contributed by atoms with van der Waals surface area (Å²) < 4.78 is 0. The van der Waals surface area contributed by atoms with Crippen LogP contribution in [0.15, 0.2) is 12.2 Å². The molecule has 0 unspecified atom stereocenters. The van der Waals surface area contributed by atoms with Crippen molar-refractivity contribution in [2.75, 3.05) is 0 Å². The number of hydrogen-bond donors (Lipinski definition) is 0. The highest BCUT2D eigenvalue weighted by Crippen LogP contribution is 2.36. The normalized spacial score (nSPS) is 19.2. The van der Waals surface area contributed by atoms with Gasteiger partial charge in [-0.25, -0.2) is 0 Å². The van der Waals surface area contributed by atoms with Gasteiger partial charge in [-0.3, -0.25) is 0 Å². The van der Waals surface area contributed by atoms with Gasteiger partial charge in [-0.2, -0.15) is 0 Å². The fraction of sp³-hybridized carbons (Fsp3) is 0.750. The Labute approximate surface area is 81.2 Å². The third-order valence-electron chi connectivity index (χ3n) is 2.99. The molecule has 0 N–H and O–H groups in total. The molecule has 0 atom stereocenters. The molecular weight excluding hydrogens is 160 g/mol. The Hall–Kier alpha value is -0.590. The van der Waals surface area contributed by atoms with Crippen LogP contribution in [0.2, 0.25) is 0 Å². The minimum atomic E-state index is -0.00621. The Morgan fingerprint density at radius 1 is 1.23 bits per heavy atom. The van der Waals surface area contributed by atoms with Gasteiger partial charge in [0, 0.05) is 5.41 Å². The fourth-order valence-corrected chi connectivity index (χ4v) is 1.98. The molecule has 0 bridgehead atoms. The third kappa shape index (κ3) is 2.98. The van der Waals surface area contributed by atoms with E-state index in [1.807, 2.05) is 0 Å². The van der Waals surface area contributed by atoms with Gasteiger partial charge in [0.05, 0.1) is 0 Å². The summed E-state index contributed by atoms with van der Waals surface area (Å²) in [5, 5.41) is 0. The molecule has 0 amide bonds. The molecule has 74 valence electrons. The van der Waals surface area contributed by atoms with Gasteiger partial charge in [-0.15, -0.1) is 0 Å². The van der Waals surface area contributed by atoms with Crippen molar-refractivity contribution in [2.45, 2.75) is 51.9 Å². The molecule has 1 nitrogen and oxygen atoms in total. The molecule has 0 aromatic rings. The summed E-state index contributed by atoms with van der Waals surface area (Å²) in [7, 11) is 0. The predicted molar refractivity (Wildman–Crippen MR) is 55.6 cm³/mol. The second kappa shape index (κ2) is 5.21. The maximum absolute atomic E-state index is 11.0. The highest BCUT2D eigenvalue weighted by Gasteiger charge is 2.29. The van der Waals surface area contributed by atoms with Crippen LogP contribution in [0, 0.1) is 5.41 Å². The Morgan fingerprint density at radius 2 is 1.92 bits per heavy atom. The maximum Gasteiger partial charge on any atom is 0.126 e. The molecule has 0 spiro atoms. The zero-order valence-electron chi connectivity index (χ0n) is 8.59. The van der Waals surface area contributed by atoms with E-state index in [9.17, 15) is 4.79 Å². The van der Waals surface area contributed by atoms with Gasteiger partial charge in [0.25, 0.3) is 0 Å². The van der Waals surface area contributed by atoms with Gasteiger partial charge in [0.15, 0.2) is 0 Å². The number of hydrogen-bond acceptors (Lipinski definition) is 1. The Morgan fingerprint density at radius 3 is 2.46 bits per heavy atom. The molecule has 0 heterocycles. The summed E-state index contributed by atoms with van der Waals surface area (Å²) in [6.45, 7) is 2.21. The van der Waals surface area contributed by atoms with Crippen molar-refractivity contribution in [3.8, 4) is 0 Å². The lowest BCUT2D eigenvalue weighted by Crippen LogP contribution is -2.18. The lowest BCUT2D eigenvalue weighted by molar-refractivity contribution is -0.116. The molecule has 0 aromatic carbocycles. The molecule has 0 fully saturated rings. The summed E-state index contributed by atoms with van der Waals surface area (Å²) >= 11 is 0. The molecule has 13 heavy (non-hydrogen) atoms. The standard InChI is InChI=1S/C12H20O/c1-2-3-4-5-8-12(11-13)9-6-7-10-12/h6-7,11H,2-5,8-10H2,1H3. The van der Waals surface area contributed by atoms with Crippen LogP contribution in [0.25, 0.3) is 0 Å². The van der Waals surface area contributed by atoms with E-state index in [0.717, 1.165) is 19.3 Å². The predicted octanol–water partition coefficient (Wildman–Crippen LogP) is 3.49. The first-order chi connectivity index (χ1) is 6.33. The van der Waals surface area contributed by atoms with Crippen LogP contribution in [-0.4, -0.2) is 6.29 Å². The number of carbonyl (C=O) groups is 1. The van der Waals surface area contributed by atoms with Gasteiger partial charge in [-0.05, 0) is 19.3 Å². The average Bonchev–Trinajstić information content (AvgIpc) is 2.62. The molecule has 0 saturated heterocycles. The number of carbonyl (C=O) groups excluding carboxylic acids is 1. The van der Waals surface area contributed by atoms with Crippen molar-refractivity contribution in [1.82, 2.24) is 0 Å². The van der Waals surface area contributed by atoms with Crippen molar-refractivity contribution < 1.29 is 4.79 Å². The molecule has 0 radical (unpaired) electrons. The van der Waals surface area contributed by atoms with Crippen molar-refractivity contribution in [3.63, 3.8) is 0 Å². The molecule has 1 heteroatoms. The second-order valence-corrected chi connectivity index (χ2v) is 4.17. The Kier molecular flexibility index (Phi) is 4.20. The first-order valence-corrected chi connectivity index (χ1v) is 5.44. The first kappa shape index (κ1) is 10.5. The van der Waals surface area contributed by atoms with Crippen molar-refractivity contribution in [1.29, 1.82) is 0 Å². The topological polar surface area (TPSA) is 17.1 Å². The van der Waals surface area contributed by atoms with Crippen molar-refractivity contribution >= 4 is 6.29 Å². The molecule has 1 aliphatic carbocycles. The Bertz CT molecular complexity index is 174. The van der Waals surface area contributed by atoms with Gasteiger partial charge < -0.3 is 4.79 Å². The highest BCUT2D eigenvalue weighted by atomic mass is 16.1. The molecular formula is C12H20O. The van der Waals surface area contributed by atoms with Crippen molar-refractivity contribution in [2.24, 2.45) is 5.41 Å². The molecule has 0 saturated carbocycles. The lowest BCUT2D eigenvalue weighted by Gasteiger charge is -2.21. The largest absolute Gasteiger partial charge is 0.303 e. The first-order valence-electron chi connectivity index (χ1n) is 5.44. The van der Waals surface area contributed by atoms with Gasteiger partial charge in [0.1, 0.15) is 6.29 Å². The average molecular weight is 180 g/mol. The smallest absolute Gasteiger partial charge is 0.126 e. The van der Waals surface area contributed by atoms with Crippen LogP contribution in [0.5, 0.6) is 0 Å². The number of aldehydes is 1. The highest BCUT2D eigenvalue weighted by molar-refractivity contribution is 5.61. The number of unbranched alkanes of at least 4 members (excludes halogenated alkanes) is 3. The quantitative estimate of drug-likeness (QED) is 0.347. The summed E-state index contributed by atoms with van der Waals surface area (Å²) in [6.07, 6.45) is 13.6. The van der Waals surface area contributed by atoms with E-state index in [-0.39, 0.29) is 5.41 Å². The summed E-state index contributed by atoms with van der Waals surface area (Å²) in [5.41, 5.74) is -0.00621. The zero-order chi connectivity index (χ0) is 9.57. The SMILES string of the molecule is CCCCCCC1(C=O)CC=CC1. The van der Waals surface area contributed by atoms with E-state index < -0.39 is 0 Å². The van der Waals surface area contributed by atoms with E-state index in [0.29, 0.717) is 0 Å². The van der Waals surface area contributed by atoms with Crippen LogP contribution in [0.3, 0.4) is 0 Å².